The monoisotopic (exact) mass is 337 g/mol. The number of anilines is 2. The van der Waals surface area contributed by atoms with Gasteiger partial charge in [-0.25, -0.2) is 0 Å². The summed E-state index contributed by atoms with van der Waals surface area (Å²) in [7, 11) is 0. The lowest BCUT2D eigenvalue weighted by molar-refractivity contribution is 0.947. The number of nitrogens with one attached hydrogen (secondary N) is 1. The van der Waals surface area contributed by atoms with Gasteiger partial charge in [0, 0.05) is 10.5 Å². The van der Waals surface area contributed by atoms with E-state index in [0.717, 1.165) is 10.2 Å². The van der Waals surface area contributed by atoms with E-state index in [1.807, 2.05) is 25.1 Å². The van der Waals surface area contributed by atoms with Crippen molar-refractivity contribution in [1.29, 1.82) is 0 Å². The predicted molar refractivity (Wildman–Crippen MR) is 78.0 cm³/mol. The molecule has 7 heteroatoms. The summed E-state index contributed by atoms with van der Waals surface area (Å²) in [5.41, 5.74) is 2.10. The van der Waals surface area contributed by atoms with Crippen molar-refractivity contribution in [1.82, 2.24) is 19.6 Å². The van der Waals surface area contributed by atoms with Gasteiger partial charge < -0.3 is 5.32 Å². The van der Waals surface area contributed by atoms with Crippen LogP contribution in [0.1, 0.15) is 5.56 Å². The largest absolute Gasteiger partial charge is 0.339 e. The van der Waals surface area contributed by atoms with Crippen molar-refractivity contribution in [2.45, 2.75) is 6.92 Å². The highest BCUT2D eigenvalue weighted by Gasteiger charge is 2.08. The van der Waals surface area contributed by atoms with Gasteiger partial charge in [0.05, 0.1) is 5.69 Å². The van der Waals surface area contributed by atoms with Crippen LogP contribution in [0.25, 0.3) is 5.78 Å². The summed E-state index contributed by atoms with van der Waals surface area (Å²) < 4.78 is 2.56. The lowest BCUT2D eigenvalue weighted by Crippen LogP contribution is -2.02. The molecule has 1 aromatic carbocycles. The Kier molecular flexibility index (Phi) is 3.12. The minimum atomic E-state index is 0.367. The molecule has 1 N–H and O–H groups in total. The molecule has 0 fully saturated rings. The molecule has 5 nitrogen and oxygen atoms in total. The van der Waals surface area contributed by atoms with Crippen molar-refractivity contribution >= 4 is 44.8 Å². The van der Waals surface area contributed by atoms with Crippen LogP contribution in [0.5, 0.6) is 0 Å². The minimum Gasteiger partial charge on any atom is -0.339 e. The van der Waals surface area contributed by atoms with E-state index in [2.05, 4.69) is 36.3 Å². The summed E-state index contributed by atoms with van der Waals surface area (Å²) in [6.07, 6.45) is 1.44. The Balaban J connectivity index is 2.07. The summed E-state index contributed by atoms with van der Waals surface area (Å²) in [5.74, 6) is 1.16. The standard InChI is InChI=1S/C12H9BrClN5/c1-7-2-3-9(8(13)4-7)17-11-5-10(14)18-12-15-6-16-19(11)12/h2-6,17H,1H3. The smallest absolute Gasteiger partial charge is 0.255 e. The Bertz CT molecular complexity index is 755. The molecule has 3 aromatic rings. The fourth-order valence-corrected chi connectivity index (χ4v) is 2.50. The fourth-order valence-electron chi connectivity index (χ4n) is 1.73. The Hall–Kier alpha value is -1.66. The van der Waals surface area contributed by atoms with E-state index in [1.54, 1.807) is 10.6 Å². The predicted octanol–water partition coefficient (Wildman–Crippen LogP) is 3.59. The molecule has 2 aromatic heterocycles. The second-order valence-corrected chi connectivity index (χ2v) is 5.29. The van der Waals surface area contributed by atoms with Crippen molar-refractivity contribution in [2.24, 2.45) is 0 Å². The second kappa shape index (κ2) is 4.79. The molecule has 96 valence electrons. The number of hydrogen-bond acceptors (Lipinski definition) is 4. The van der Waals surface area contributed by atoms with Crippen LogP contribution >= 0.6 is 27.5 Å². The van der Waals surface area contributed by atoms with E-state index in [-0.39, 0.29) is 0 Å². The molecular formula is C12H9BrClN5. The topological polar surface area (TPSA) is 55.1 Å². The Labute approximate surface area is 122 Å². The van der Waals surface area contributed by atoms with Gasteiger partial charge in [-0.15, -0.1) is 0 Å². The van der Waals surface area contributed by atoms with Crippen molar-refractivity contribution in [2.75, 3.05) is 5.32 Å². The maximum atomic E-state index is 5.97. The number of nitrogens with zero attached hydrogens (tertiary/aromatic N) is 4. The third-order valence-corrected chi connectivity index (χ3v) is 3.46. The first-order chi connectivity index (χ1) is 9.13. The van der Waals surface area contributed by atoms with Crippen LogP contribution in [0, 0.1) is 6.92 Å². The van der Waals surface area contributed by atoms with Gasteiger partial charge in [-0.05, 0) is 40.5 Å². The number of aryl methyl sites for hydroxylation is 1. The molecule has 0 spiro atoms. The number of hydrogen-bond donors (Lipinski definition) is 1. The Morgan fingerprint density at radius 3 is 2.95 bits per heavy atom. The molecule has 0 aliphatic heterocycles. The van der Waals surface area contributed by atoms with Crippen LogP contribution < -0.4 is 5.32 Å². The molecule has 0 amide bonds. The molecule has 0 saturated carbocycles. The minimum absolute atomic E-state index is 0.367. The molecule has 0 saturated heterocycles. The third-order valence-electron chi connectivity index (χ3n) is 2.61. The van der Waals surface area contributed by atoms with Crippen molar-refractivity contribution < 1.29 is 0 Å². The first-order valence-electron chi connectivity index (χ1n) is 5.53. The first-order valence-corrected chi connectivity index (χ1v) is 6.70. The Morgan fingerprint density at radius 2 is 2.16 bits per heavy atom. The molecule has 0 aliphatic rings. The van der Waals surface area contributed by atoms with Crippen LogP contribution in [-0.4, -0.2) is 19.6 Å². The molecule has 19 heavy (non-hydrogen) atoms. The fraction of sp³-hybridized carbons (Fsp3) is 0.0833. The summed E-state index contributed by atoms with van der Waals surface area (Å²) >= 11 is 9.49. The molecular weight excluding hydrogens is 330 g/mol. The van der Waals surface area contributed by atoms with Gasteiger partial charge in [-0.1, -0.05) is 17.7 Å². The molecule has 0 unspecified atom stereocenters. The number of benzene rings is 1. The molecule has 3 rings (SSSR count). The zero-order valence-electron chi connectivity index (χ0n) is 9.93. The zero-order valence-corrected chi connectivity index (χ0v) is 12.3. The van der Waals surface area contributed by atoms with Gasteiger partial charge >= 0.3 is 0 Å². The zero-order chi connectivity index (χ0) is 13.4. The van der Waals surface area contributed by atoms with Gasteiger partial charge in [0.25, 0.3) is 5.78 Å². The summed E-state index contributed by atoms with van der Waals surface area (Å²) in [6.45, 7) is 2.04. The highest BCUT2D eigenvalue weighted by Crippen LogP contribution is 2.27. The number of halogens is 2. The average Bonchev–Trinajstić information content (AvgIpc) is 2.80. The van der Waals surface area contributed by atoms with Crippen LogP contribution in [0.2, 0.25) is 5.15 Å². The Morgan fingerprint density at radius 1 is 1.32 bits per heavy atom. The normalized spacial score (nSPS) is 10.9. The molecule has 0 radical (unpaired) electrons. The average molecular weight is 339 g/mol. The quantitative estimate of drug-likeness (QED) is 0.726. The van der Waals surface area contributed by atoms with Crippen molar-refractivity contribution in [3.8, 4) is 0 Å². The van der Waals surface area contributed by atoms with Crippen LogP contribution in [0.15, 0.2) is 35.1 Å². The van der Waals surface area contributed by atoms with E-state index in [4.69, 9.17) is 11.6 Å². The number of aromatic nitrogens is 4. The highest BCUT2D eigenvalue weighted by atomic mass is 79.9. The summed E-state index contributed by atoms with van der Waals surface area (Å²) in [6, 6.07) is 7.74. The summed E-state index contributed by atoms with van der Waals surface area (Å²) in [4.78, 5) is 8.10. The van der Waals surface area contributed by atoms with E-state index < -0.39 is 0 Å². The lowest BCUT2D eigenvalue weighted by atomic mass is 10.2. The SMILES string of the molecule is Cc1ccc(Nc2cc(Cl)nc3ncnn23)c(Br)c1. The van der Waals surface area contributed by atoms with E-state index >= 15 is 0 Å². The highest BCUT2D eigenvalue weighted by molar-refractivity contribution is 9.10. The summed E-state index contributed by atoms with van der Waals surface area (Å²) in [5, 5.41) is 7.74. The third kappa shape index (κ3) is 2.41. The van der Waals surface area contributed by atoms with E-state index in [9.17, 15) is 0 Å². The van der Waals surface area contributed by atoms with Gasteiger partial charge in [0.15, 0.2) is 0 Å². The van der Waals surface area contributed by atoms with E-state index in [0.29, 0.717) is 16.7 Å². The molecule has 0 bridgehead atoms. The van der Waals surface area contributed by atoms with Crippen LogP contribution in [-0.2, 0) is 0 Å². The second-order valence-electron chi connectivity index (χ2n) is 4.04. The van der Waals surface area contributed by atoms with Gasteiger partial charge in [0.2, 0.25) is 0 Å². The van der Waals surface area contributed by atoms with Crippen molar-refractivity contribution in [3.05, 3.63) is 45.8 Å². The maximum absolute atomic E-state index is 5.97. The molecule has 0 aliphatic carbocycles. The van der Waals surface area contributed by atoms with Gasteiger partial charge in [-0.3, -0.25) is 0 Å². The maximum Gasteiger partial charge on any atom is 0.255 e. The van der Waals surface area contributed by atoms with Crippen molar-refractivity contribution in [3.63, 3.8) is 0 Å². The first kappa shape index (κ1) is 12.4. The number of fused-ring (bicyclic) bond motifs is 1. The van der Waals surface area contributed by atoms with E-state index in [1.165, 1.54) is 11.9 Å². The van der Waals surface area contributed by atoms with Crippen LogP contribution in [0.4, 0.5) is 11.5 Å². The molecule has 0 atom stereocenters. The van der Waals surface area contributed by atoms with Gasteiger partial charge in [0.1, 0.15) is 17.3 Å². The molecule has 2 heterocycles. The number of rotatable bonds is 2. The lowest BCUT2D eigenvalue weighted by Gasteiger charge is -2.10. The van der Waals surface area contributed by atoms with Gasteiger partial charge in [-0.2, -0.15) is 19.6 Å². The van der Waals surface area contributed by atoms with Crippen LogP contribution in [0.3, 0.4) is 0 Å².